The van der Waals surface area contributed by atoms with E-state index in [1.807, 2.05) is 13.8 Å². The fourth-order valence-corrected chi connectivity index (χ4v) is 3.01. The van der Waals surface area contributed by atoms with E-state index in [1.54, 1.807) is 36.4 Å². The zero-order chi connectivity index (χ0) is 23.7. The Morgan fingerprint density at radius 1 is 1.00 bits per heavy atom. The average molecular weight is 464 g/mol. The highest BCUT2D eigenvalue weighted by Crippen LogP contribution is 2.38. The zero-order valence-corrected chi connectivity index (χ0v) is 19.4. The van der Waals surface area contributed by atoms with Crippen LogP contribution >= 0.6 is 11.8 Å². The van der Waals surface area contributed by atoms with Gasteiger partial charge in [0.05, 0.1) is 33.1 Å². The number of nitrogens with zero attached hydrogens (tertiary/aromatic N) is 3. The van der Waals surface area contributed by atoms with Gasteiger partial charge >= 0.3 is 0 Å². The van der Waals surface area contributed by atoms with Crippen molar-refractivity contribution in [3.8, 4) is 23.0 Å². The number of rotatable bonds is 11. The number of carbonyl (C=O) groups is 2. The summed E-state index contributed by atoms with van der Waals surface area (Å²) in [4.78, 5) is 25.1. The van der Waals surface area contributed by atoms with Crippen LogP contribution < -0.4 is 23.4 Å². The smallest absolute Gasteiger partial charge is 0.276 e. The molecule has 0 spiro atoms. The first-order valence-electron chi connectivity index (χ1n) is 9.89. The molecule has 0 saturated heterocycles. The van der Waals surface area contributed by atoms with Crippen LogP contribution in [0.15, 0.2) is 46.6 Å². The van der Waals surface area contributed by atoms with Crippen LogP contribution in [0.3, 0.4) is 0 Å². The van der Waals surface area contributed by atoms with Gasteiger partial charge in [0.1, 0.15) is 5.69 Å². The third-order valence-electron chi connectivity index (χ3n) is 4.22. The molecule has 1 atom stereocenters. The number of halogens is 1. The molecule has 32 heavy (non-hydrogen) atoms. The molecule has 0 bridgehead atoms. The number of amides is 1. The fraction of sp³-hybridized carbons (Fsp3) is 0.364. The van der Waals surface area contributed by atoms with E-state index in [0.717, 1.165) is 4.42 Å². The van der Waals surface area contributed by atoms with Gasteiger partial charge in [-0.2, -0.15) is 10.2 Å². The van der Waals surface area contributed by atoms with Crippen LogP contribution in [0.4, 0.5) is 11.4 Å². The number of ether oxygens (including phenoxy) is 4. The molecule has 2 aromatic carbocycles. The van der Waals surface area contributed by atoms with Gasteiger partial charge in [0.2, 0.25) is 6.04 Å². The Balaban J connectivity index is 2.33. The zero-order valence-electron chi connectivity index (χ0n) is 18.6. The molecule has 0 heterocycles. The summed E-state index contributed by atoms with van der Waals surface area (Å²) in [6, 6.07) is 8.33. The van der Waals surface area contributed by atoms with Gasteiger partial charge < -0.3 is 18.9 Å². The molecule has 0 fully saturated rings. The van der Waals surface area contributed by atoms with Crippen molar-refractivity contribution in [2.45, 2.75) is 26.8 Å². The van der Waals surface area contributed by atoms with E-state index in [9.17, 15) is 9.59 Å². The van der Waals surface area contributed by atoms with Gasteiger partial charge in [0.15, 0.2) is 28.8 Å². The highest BCUT2D eigenvalue weighted by atomic mass is 35.5. The topological polar surface area (TPSA) is 99.0 Å². The Morgan fingerprint density at radius 3 is 2.28 bits per heavy atom. The number of azo groups is 1. The molecule has 2 rings (SSSR count). The predicted molar refractivity (Wildman–Crippen MR) is 121 cm³/mol. The fourth-order valence-electron chi connectivity index (χ4n) is 2.78. The number of benzene rings is 2. The second kappa shape index (κ2) is 11.9. The molecule has 1 unspecified atom stereocenters. The van der Waals surface area contributed by atoms with Gasteiger partial charge in [-0.15, -0.1) is 0 Å². The quantitative estimate of drug-likeness (QED) is 0.271. The first-order valence-corrected chi connectivity index (χ1v) is 10.2. The molecule has 2 aromatic rings. The number of methoxy groups -OCH3 is 2. The van der Waals surface area contributed by atoms with E-state index in [0.29, 0.717) is 36.1 Å². The van der Waals surface area contributed by atoms with Gasteiger partial charge in [0, 0.05) is 17.8 Å². The maximum atomic E-state index is 13.0. The predicted octanol–water partition coefficient (Wildman–Crippen LogP) is 4.73. The Morgan fingerprint density at radius 2 is 1.69 bits per heavy atom. The molecule has 0 aliphatic carbocycles. The van der Waals surface area contributed by atoms with Crippen molar-refractivity contribution in [3.63, 3.8) is 0 Å². The second-order valence-corrected chi connectivity index (χ2v) is 6.70. The molecule has 0 radical (unpaired) electrons. The summed E-state index contributed by atoms with van der Waals surface area (Å²) < 4.78 is 22.4. The molecule has 172 valence electrons. The first-order chi connectivity index (χ1) is 15.4. The van der Waals surface area contributed by atoms with Crippen LogP contribution in [-0.4, -0.2) is 45.2 Å². The van der Waals surface area contributed by atoms with E-state index in [4.69, 9.17) is 30.7 Å². The number of anilines is 1. The molecular formula is C22H26ClN3O6. The van der Waals surface area contributed by atoms with Crippen LogP contribution in [0.2, 0.25) is 0 Å². The summed E-state index contributed by atoms with van der Waals surface area (Å²) >= 11 is 6.27. The van der Waals surface area contributed by atoms with Crippen LogP contribution in [-0.2, 0) is 9.59 Å². The summed E-state index contributed by atoms with van der Waals surface area (Å²) in [7, 11) is 2.88. The van der Waals surface area contributed by atoms with E-state index in [-0.39, 0.29) is 11.4 Å². The standard InChI is InChI=1S/C22H26ClN3O6/c1-6-31-17-12-11-15(13-19(17)32-7-2)24-25-20(14(3)27)22(28)26(23)16-9-8-10-18(29-4)21(16)30-5/h8-13,20H,6-7H2,1-5H3. The van der Waals surface area contributed by atoms with Crippen molar-refractivity contribution in [1.29, 1.82) is 0 Å². The Hall–Kier alpha value is -3.33. The van der Waals surface area contributed by atoms with Crippen molar-refractivity contribution in [3.05, 3.63) is 36.4 Å². The Labute approximate surface area is 192 Å². The molecule has 0 N–H and O–H groups in total. The average Bonchev–Trinajstić information content (AvgIpc) is 2.79. The summed E-state index contributed by atoms with van der Waals surface area (Å²) in [6.07, 6.45) is 0. The number of Topliss-reactive ketones (excluding diaryl/α,β-unsaturated/α-hetero) is 1. The van der Waals surface area contributed by atoms with Gasteiger partial charge in [-0.05, 0) is 45.0 Å². The SMILES string of the molecule is CCOc1ccc(N=NC(C(C)=O)C(=O)N(Cl)c2cccc(OC)c2OC)cc1OCC. The maximum Gasteiger partial charge on any atom is 0.276 e. The minimum atomic E-state index is -1.45. The Kier molecular flexibility index (Phi) is 9.27. The third kappa shape index (κ3) is 5.88. The summed E-state index contributed by atoms with van der Waals surface area (Å²) in [5.74, 6) is 0.349. The van der Waals surface area contributed by atoms with Crippen molar-refractivity contribution < 1.29 is 28.5 Å². The number of carbonyl (C=O) groups excluding carboxylic acids is 2. The lowest BCUT2D eigenvalue weighted by atomic mass is 10.2. The maximum absolute atomic E-state index is 13.0. The highest BCUT2D eigenvalue weighted by molar-refractivity contribution is 6.39. The van der Waals surface area contributed by atoms with Gasteiger partial charge in [-0.25, -0.2) is 4.42 Å². The molecule has 0 aliphatic rings. The molecular weight excluding hydrogens is 438 g/mol. The number of ketones is 1. The summed E-state index contributed by atoms with van der Waals surface area (Å²) in [5.41, 5.74) is 0.593. The third-order valence-corrected chi connectivity index (χ3v) is 4.57. The van der Waals surface area contributed by atoms with Crippen molar-refractivity contribution in [1.82, 2.24) is 0 Å². The monoisotopic (exact) mass is 463 g/mol. The van der Waals surface area contributed by atoms with Gasteiger partial charge in [-0.3, -0.25) is 9.59 Å². The lowest BCUT2D eigenvalue weighted by Crippen LogP contribution is -2.36. The summed E-state index contributed by atoms with van der Waals surface area (Å²) in [5, 5.41) is 8.00. The minimum Gasteiger partial charge on any atom is -0.493 e. The van der Waals surface area contributed by atoms with Crippen LogP contribution in [0, 0.1) is 0 Å². The van der Waals surface area contributed by atoms with Crippen molar-refractivity contribution >= 4 is 34.8 Å². The van der Waals surface area contributed by atoms with Gasteiger partial charge in [0.25, 0.3) is 5.91 Å². The lowest BCUT2D eigenvalue weighted by molar-refractivity contribution is -0.126. The van der Waals surface area contributed by atoms with Gasteiger partial charge in [-0.1, -0.05) is 6.07 Å². The molecule has 10 heteroatoms. The minimum absolute atomic E-state index is 0.208. The second-order valence-electron chi connectivity index (χ2n) is 6.36. The summed E-state index contributed by atoms with van der Waals surface area (Å²) in [6.45, 7) is 5.84. The largest absolute Gasteiger partial charge is 0.493 e. The number of para-hydroxylation sites is 1. The molecule has 0 saturated carbocycles. The Bertz CT molecular complexity index is 982. The van der Waals surface area contributed by atoms with Crippen LogP contribution in [0.5, 0.6) is 23.0 Å². The van der Waals surface area contributed by atoms with E-state index < -0.39 is 17.7 Å². The van der Waals surface area contributed by atoms with Crippen molar-refractivity contribution in [2.24, 2.45) is 10.2 Å². The normalized spacial score (nSPS) is 11.7. The van der Waals surface area contributed by atoms with Crippen molar-refractivity contribution in [2.75, 3.05) is 31.9 Å². The number of hydrogen-bond donors (Lipinski definition) is 0. The molecule has 9 nitrogen and oxygen atoms in total. The van der Waals surface area contributed by atoms with E-state index in [1.165, 1.54) is 21.1 Å². The highest BCUT2D eigenvalue weighted by Gasteiger charge is 2.31. The van der Waals surface area contributed by atoms with Crippen LogP contribution in [0.1, 0.15) is 20.8 Å². The van der Waals surface area contributed by atoms with Crippen LogP contribution in [0.25, 0.3) is 0 Å². The molecule has 0 aromatic heterocycles. The molecule has 0 aliphatic heterocycles. The first kappa shape index (κ1) is 24.9. The molecule has 1 amide bonds. The van der Waals surface area contributed by atoms with E-state index in [2.05, 4.69) is 10.2 Å². The lowest BCUT2D eigenvalue weighted by Gasteiger charge is -2.20. The number of hydrogen-bond acceptors (Lipinski definition) is 8. The van der Waals surface area contributed by atoms with E-state index >= 15 is 0 Å².